The fourth-order valence-electron chi connectivity index (χ4n) is 6.38. The number of anilines is 1. The topological polar surface area (TPSA) is 140 Å². The molecule has 6 rings (SSSR count). The molecule has 2 saturated heterocycles. The molecule has 3 aromatic carbocycles. The van der Waals surface area contributed by atoms with E-state index in [4.69, 9.17) is 13.6 Å². The van der Waals surface area contributed by atoms with Crippen LogP contribution in [-0.4, -0.2) is 73.4 Å². The first-order chi connectivity index (χ1) is 23.0. The predicted molar refractivity (Wildman–Crippen MR) is 182 cm³/mol. The van der Waals surface area contributed by atoms with Crippen molar-refractivity contribution in [2.75, 3.05) is 31.1 Å². The van der Waals surface area contributed by atoms with Gasteiger partial charge < -0.3 is 28.7 Å². The Morgan fingerprint density at radius 1 is 0.979 bits per heavy atom. The van der Waals surface area contributed by atoms with E-state index in [1.165, 1.54) is 33.7 Å². The number of amides is 2. The van der Waals surface area contributed by atoms with Gasteiger partial charge in [-0.2, -0.15) is 4.98 Å². The molecule has 0 saturated carbocycles. The monoisotopic (exact) mass is 669 g/mol. The lowest BCUT2D eigenvalue weighted by Crippen LogP contribution is -2.70. The first-order valence-corrected chi connectivity index (χ1v) is 17.9. The minimum Gasteiger partial charge on any atom is -0.445 e. The van der Waals surface area contributed by atoms with Crippen molar-refractivity contribution in [1.82, 2.24) is 15.2 Å². The molecule has 1 N–H and O–H groups in total. The van der Waals surface area contributed by atoms with E-state index in [2.05, 4.69) is 79.6 Å². The highest BCUT2D eigenvalue weighted by Crippen LogP contribution is 2.39. The average molecular weight is 670 g/mol. The Labute approximate surface area is 279 Å². The molecule has 0 unspecified atom stereocenters. The number of ether oxygens (including phenoxy) is 1. The molecule has 1 aromatic heterocycles. The molecule has 250 valence electrons. The number of nitro groups is 1. The van der Waals surface area contributed by atoms with E-state index in [1.807, 2.05) is 17.0 Å². The fourth-order valence-corrected chi connectivity index (χ4v) is 11.0. The number of oxazole rings is 1. The van der Waals surface area contributed by atoms with Crippen LogP contribution in [0.4, 0.5) is 16.5 Å². The van der Waals surface area contributed by atoms with Crippen LogP contribution >= 0.6 is 0 Å². The van der Waals surface area contributed by atoms with Gasteiger partial charge in [-0.1, -0.05) is 81.4 Å². The number of aromatic nitrogens is 1. The molecule has 3 heterocycles. The third-order valence-electron chi connectivity index (χ3n) is 8.89. The first-order valence-electron chi connectivity index (χ1n) is 16.0. The second-order valence-corrected chi connectivity index (χ2v) is 17.5. The largest absolute Gasteiger partial charge is 0.445 e. The summed E-state index contributed by atoms with van der Waals surface area (Å²) < 4.78 is 18.3. The molecule has 13 heteroatoms. The fraction of sp³-hybridized carbons (Fsp3) is 0.343. The number of carbonyl (C=O) groups excluding carboxylic acids is 2. The summed E-state index contributed by atoms with van der Waals surface area (Å²) in [6, 6.07) is 27.0. The van der Waals surface area contributed by atoms with E-state index in [9.17, 15) is 19.7 Å². The Balaban J connectivity index is 1.02. The van der Waals surface area contributed by atoms with Crippen molar-refractivity contribution in [3.05, 3.63) is 113 Å². The van der Waals surface area contributed by atoms with Crippen molar-refractivity contribution in [3.63, 3.8) is 0 Å². The van der Waals surface area contributed by atoms with Crippen molar-refractivity contribution in [2.45, 2.75) is 51.0 Å². The zero-order valence-corrected chi connectivity index (χ0v) is 28.2. The third kappa shape index (κ3) is 6.83. The number of nitrogens with zero attached hydrogens (tertiary/aromatic N) is 4. The molecule has 2 aliphatic heterocycles. The van der Waals surface area contributed by atoms with Crippen LogP contribution in [0.3, 0.4) is 0 Å². The molecule has 0 spiro atoms. The number of nitro benzene ring substituents is 1. The summed E-state index contributed by atoms with van der Waals surface area (Å²) in [5.74, 6) is -0.378. The zero-order chi connectivity index (χ0) is 33.9. The Bertz CT molecular complexity index is 1700. The van der Waals surface area contributed by atoms with E-state index < -0.39 is 19.3 Å². The van der Waals surface area contributed by atoms with Crippen LogP contribution in [0.5, 0.6) is 0 Å². The van der Waals surface area contributed by atoms with E-state index >= 15 is 0 Å². The predicted octanol–water partition coefficient (Wildman–Crippen LogP) is 4.49. The summed E-state index contributed by atoms with van der Waals surface area (Å²) in [5.41, 5.74) is 0.778. The van der Waals surface area contributed by atoms with Gasteiger partial charge in [0.25, 0.3) is 25.9 Å². The highest BCUT2D eigenvalue weighted by molar-refractivity contribution is 6.99. The molecule has 0 bridgehead atoms. The molecular weight excluding hydrogens is 630 g/mol. The number of hydrogen-bond acceptors (Lipinski definition) is 9. The Morgan fingerprint density at radius 2 is 1.60 bits per heavy atom. The molecule has 0 aliphatic carbocycles. The average Bonchev–Trinajstić information content (AvgIpc) is 3.74. The molecule has 1 atom stereocenters. The quantitative estimate of drug-likeness (QED) is 0.147. The number of carbonyl (C=O) groups is 2. The summed E-state index contributed by atoms with van der Waals surface area (Å²) >= 11 is 0. The van der Waals surface area contributed by atoms with E-state index in [-0.39, 0.29) is 41.1 Å². The van der Waals surface area contributed by atoms with Gasteiger partial charge in [0.05, 0.1) is 11.0 Å². The maximum absolute atomic E-state index is 13.0. The SMILES string of the molecule is CC(C)(C)[Si](OC1CN(c2nc(C(=O)N[C@@H]3CCN(C(=O)OCc4ccc([N+](=O)[O-])cc4)C3)co2)C1)(c1ccccc1)c1ccccc1. The van der Waals surface area contributed by atoms with Crippen LogP contribution in [0, 0.1) is 10.1 Å². The lowest BCUT2D eigenvalue weighted by molar-refractivity contribution is -0.384. The summed E-state index contributed by atoms with van der Waals surface area (Å²) in [4.78, 5) is 43.9. The van der Waals surface area contributed by atoms with Gasteiger partial charge >= 0.3 is 6.09 Å². The van der Waals surface area contributed by atoms with Crippen molar-refractivity contribution in [3.8, 4) is 0 Å². The van der Waals surface area contributed by atoms with Crippen molar-refractivity contribution in [1.29, 1.82) is 0 Å². The van der Waals surface area contributed by atoms with Gasteiger partial charge in [0.1, 0.15) is 12.9 Å². The number of benzene rings is 3. The van der Waals surface area contributed by atoms with Gasteiger partial charge in [-0.15, -0.1) is 0 Å². The molecular formula is C35H39N5O7Si. The van der Waals surface area contributed by atoms with Crippen molar-refractivity contribution in [2.24, 2.45) is 0 Å². The molecule has 2 amide bonds. The first kappa shape index (κ1) is 32.9. The Kier molecular flexibility index (Phi) is 9.33. The minimum atomic E-state index is -2.69. The second kappa shape index (κ2) is 13.6. The summed E-state index contributed by atoms with van der Waals surface area (Å²) in [5, 5.41) is 16.1. The summed E-state index contributed by atoms with van der Waals surface area (Å²) in [6.45, 7) is 8.65. The van der Waals surface area contributed by atoms with Crippen LogP contribution in [-0.2, 0) is 15.8 Å². The molecule has 2 fully saturated rings. The van der Waals surface area contributed by atoms with Crippen LogP contribution in [0.2, 0.25) is 5.04 Å². The van der Waals surface area contributed by atoms with E-state index in [0.717, 1.165) is 0 Å². The standard InChI is InChI=1S/C35H39N5O7Si/c1-35(2,3)48(29-10-6-4-7-11-29,30-12-8-5-9-13-30)47-28-21-39(22-28)33-37-31(24-45-33)32(41)36-26-18-19-38(20-26)34(42)46-23-25-14-16-27(17-15-25)40(43)44/h4-17,24,26,28H,18-23H2,1-3H3,(H,36,41)/t26-/m1/s1. The van der Waals surface area contributed by atoms with Crippen LogP contribution < -0.4 is 20.6 Å². The van der Waals surface area contributed by atoms with Gasteiger partial charge in [0.2, 0.25) is 0 Å². The Hall–Kier alpha value is -5.01. The normalized spacial score (nSPS) is 16.8. The van der Waals surface area contributed by atoms with Crippen LogP contribution in [0.1, 0.15) is 43.2 Å². The highest BCUT2D eigenvalue weighted by Gasteiger charge is 2.53. The van der Waals surface area contributed by atoms with Gasteiger partial charge in [0, 0.05) is 44.4 Å². The number of nitrogens with one attached hydrogen (secondary N) is 1. The van der Waals surface area contributed by atoms with Gasteiger partial charge in [-0.25, -0.2) is 4.79 Å². The van der Waals surface area contributed by atoms with E-state index in [0.29, 0.717) is 44.2 Å². The number of non-ortho nitro benzene ring substituents is 1. The van der Waals surface area contributed by atoms with Gasteiger partial charge in [-0.05, 0) is 39.5 Å². The minimum absolute atomic E-state index is 0.00758. The summed E-state index contributed by atoms with van der Waals surface area (Å²) in [6.07, 6.45) is 1.37. The number of rotatable bonds is 10. The van der Waals surface area contributed by atoms with Gasteiger partial charge in [0.15, 0.2) is 5.69 Å². The molecule has 0 radical (unpaired) electrons. The van der Waals surface area contributed by atoms with Crippen LogP contribution in [0.25, 0.3) is 0 Å². The zero-order valence-electron chi connectivity index (χ0n) is 27.2. The number of hydrogen-bond donors (Lipinski definition) is 1. The lowest BCUT2D eigenvalue weighted by atomic mass is 10.2. The number of likely N-dealkylation sites (tertiary alicyclic amines) is 1. The lowest BCUT2D eigenvalue weighted by Gasteiger charge is -2.49. The Morgan fingerprint density at radius 3 is 2.19 bits per heavy atom. The second-order valence-electron chi connectivity index (χ2n) is 13.2. The maximum Gasteiger partial charge on any atom is 0.410 e. The molecule has 48 heavy (non-hydrogen) atoms. The smallest absolute Gasteiger partial charge is 0.410 e. The maximum atomic E-state index is 13.0. The molecule has 12 nitrogen and oxygen atoms in total. The summed E-state index contributed by atoms with van der Waals surface area (Å²) in [7, 11) is -2.69. The van der Waals surface area contributed by atoms with Crippen molar-refractivity contribution < 1.29 is 28.1 Å². The highest BCUT2D eigenvalue weighted by atomic mass is 28.4. The van der Waals surface area contributed by atoms with Crippen LogP contribution in [0.15, 0.2) is 95.6 Å². The third-order valence-corrected chi connectivity index (χ3v) is 14.0. The molecule has 2 aliphatic rings. The van der Waals surface area contributed by atoms with Gasteiger partial charge in [-0.3, -0.25) is 14.9 Å². The van der Waals surface area contributed by atoms with E-state index in [1.54, 1.807) is 12.1 Å². The molecule has 4 aromatic rings. The van der Waals surface area contributed by atoms with Crippen molar-refractivity contribution >= 4 is 42.4 Å².